The minimum atomic E-state index is -0.229. The number of carbonyl (C=O) groups is 1. The molecule has 0 atom stereocenters. The van der Waals surface area contributed by atoms with Gasteiger partial charge in [0, 0.05) is 5.56 Å². The van der Waals surface area contributed by atoms with Crippen LogP contribution in [0.4, 0.5) is 4.79 Å². The molecule has 0 fully saturated rings. The zero-order valence-corrected chi connectivity index (χ0v) is 8.82. The van der Waals surface area contributed by atoms with Crippen molar-refractivity contribution >= 4 is 6.09 Å². The van der Waals surface area contributed by atoms with Crippen molar-refractivity contribution in [1.82, 2.24) is 15.1 Å². The van der Waals surface area contributed by atoms with Crippen molar-refractivity contribution in [3.8, 4) is 0 Å². The van der Waals surface area contributed by atoms with E-state index in [2.05, 4.69) is 17.1 Å². The van der Waals surface area contributed by atoms with E-state index in [-0.39, 0.29) is 6.09 Å². The average molecular weight is 209 g/mol. The molecule has 1 aliphatic rings. The smallest absolute Gasteiger partial charge is 0.410 e. The van der Waals surface area contributed by atoms with E-state index >= 15 is 0 Å². The maximum atomic E-state index is 11.6. The number of carbonyl (C=O) groups excluding carboxylic acids is 1. The zero-order chi connectivity index (χ0) is 10.7. The molecule has 0 saturated heterocycles. The minimum Gasteiger partial charge on any atom is -0.449 e. The summed E-state index contributed by atoms with van der Waals surface area (Å²) in [4.78, 5) is 13.2. The zero-order valence-electron chi connectivity index (χ0n) is 8.82. The Bertz CT molecular complexity index is 328. The Morgan fingerprint density at radius 3 is 3.27 bits per heavy atom. The van der Waals surface area contributed by atoms with Crippen molar-refractivity contribution in [1.29, 1.82) is 0 Å². The van der Waals surface area contributed by atoms with Crippen LogP contribution in [-0.2, 0) is 17.8 Å². The van der Waals surface area contributed by atoms with Crippen LogP contribution < -0.4 is 0 Å². The van der Waals surface area contributed by atoms with E-state index in [4.69, 9.17) is 4.74 Å². The molecule has 1 aromatic heterocycles. The predicted octanol–water partition coefficient (Wildman–Crippen LogP) is 1.66. The minimum absolute atomic E-state index is 0.229. The number of nitrogens with zero attached hydrogens (tertiary/aromatic N) is 2. The summed E-state index contributed by atoms with van der Waals surface area (Å²) >= 11 is 0. The highest BCUT2D eigenvalue weighted by Gasteiger charge is 2.25. The quantitative estimate of drug-likeness (QED) is 0.770. The van der Waals surface area contributed by atoms with Crippen molar-refractivity contribution in [2.24, 2.45) is 0 Å². The number of amides is 1. The Kier molecular flexibility index (Phi) is 2.89. The molecule has 0 saturated carbocycles. The summed E-state index contributed by atoms with van der Waals surface area (Å²) in [6, 6.07) is 0. The van der Waals surface area contributed by atoms with Gasteiger partial charge in [-0.05, 0) is 6.42 Å². The molecule has 15 heavy (non-hydrogen) atoms. The van der Waals surface area contributed by atoms with Crippen LogP contribution in [0.25, 0.3) is 0 Å². The molecule has 5 heteroatoms. The first-order valence-electron chi connectivity index (χ1n) is 5.24. The van der Waals surface area contributed by atoms with Gasteiger partial charge in [-0.2, -0.15) is 5.10 Å². The maximum absolute atomic E-state index is 11.6. The third-order valence-corrected chi connectivity index (χ3v) is 2.50. The summed E-state index contributed by atoms with van der Waals surface area (Å²) in [5.74, 6) is 0. The van der Waals surface area contributed by atoms with Crippen LogP contribution in [0.1, 0.15) is 31.0 Å². The summed E-state index contributed by atoms with van der Waals surface area (Å²) in [6.07, 6.45) is 3.49. The molecule has 2 rings (SSSR count). The van der Waals surface area contributed by atoms with Gasteiger partial charge in [-0.3, -0.25) is 10.00 Å². The highest BCUT2D eigenvalue weighted by Crippen LogP contribution is 2.20. The lowest BCUT2D eigenvalue weighted by Crippen LogP contribution is -2.26. The number of hydrogen-bond acceptors (Lipinski definition) is 3. The molecule has 0 aliphatic carbocycles. The lowest BCUT2D eigenvalue weighted by atomic mass is 10.3. The van der Waals surface area contributed by atoms with Gasteiger partial charge in [0.05, 0.1) is 31.6 Å². The van der Waals surface area contributed by atoms with Crippen molar-refractivity contribution in [2.45, 2.75) is 32.9 Å². The van der Waals surface area contributed by atoms with Gasteiger partial charge in [0.15, 0.2) is 0 Å². The fourth-order valence-corrected chi connectivity index (χ4v) is 1.59. The summed E-state index contributed by atoms with van der Waals surface area (Å²) in [7, 11) is 0. The van der Waals surface area contributed by atoms with E-state index in [0.29, 0.717) is 19.7 Å². The molecule has 1 aliphatic heterocycles. The number of H-pyrrole nitrogens is 1. The molecule has 0 radical (unpaired) electrons. The predicted molar refractivity (Wildman–Crippen MR) is 54.1 cm³/mol. The van der Waals surface area contributed by atoms with E-state index in [1.807, 2.05) is 0 Å². The van der Waals surface area contributed by atoms with Crippen molar-refractivity contribution in [2.75, 3.05) is 6.61 Å². The molecular weight excluding hydrogens is 194 g/mol. The number of fused-ring (bicyclic) bond motifs is 1. The standard InChI is InChI=1S/C10H15N3O2/c1-2-3-4-15-10(14)13-6-8-5-11-12-9(8)7-13/h5H,2-4,6-7H2,1H3,(H,11,12). The molecule has 1 aromatic rings. The summed E-state index contributed by atoms with van der Waals surface area (Å²) in [5.41, 5.74) is 2.10. The fourth-order valence-electron chi connectivity index (χ4n) is 1.59. The summed E-state index contributed by atoms with van der Waals surface area (Å²) < 4.78 is 5.12. The largest absolute Gasteiger partial charge is 0.449 e. The number of hydrogen-bond donors (Lipinski definition) is 1. The van der Waals surface area contributed by atoms with E-state index < -0.39 is 0 Å². The number of aromatic nitrogens is 2. The molecule has 0 bridgehead atoms. The SMILES string of the molecule is CCCCOC(=O)N1Cc2cn[nH]c2C1. The van der Waals surface area contributed by atoms with E-state index in [1.165, 1.54) is 0 Å². The highest BCUT2D eigenvalue weighted by molar-refractivity contribution is 5.68. The highest BCUT2D eigenvalue weighted by atomic mass is 16.6. The second-order valence-electron chi connectivity index (χ2n) is 3.70. The van der Waals surface area contributed by atoms with Crippen molar-refractivity contribution in [3.05, 3.63) is 17.5 Å². The fraction of sp³-hybridized carbons (Fsp3) is 0.600. The van der Waals surface area contributed by atoms with Gasteiger partial charge in [0.2, 0.25) is 0 Å². The van der Waals surface area contributed by atoms with Crippen LogP contribution in [0.5, 0.6) is 0 Å². The third-order valence-electron chi connectivity index (χ3n) is 2.50. The second kappa shape index (κ2) is 4.33. The van der Waals surface area contributed by atoms with Crippen LogP contribution in [-0.4, -0.2) is 27.8 Å². The molecule has 0 unspecified atom stereocenters. The monoisotopic (exact) mass is 209 g/mol. The number of ether oxygens (including phenoxy) is 1. The first kappa shape index (κ1) is 10.0. The molecule has 0 spiro atoms. The Hall–Kier alpha value is -1.52. The Balaban J connectivity index is 1.82. The normalized spacial score (nSPS) is 14.1. The van der Waals surface area contributed by atoms with Gasteiger partial charge in [-0.25, -0.2) is 4.79 Å². The molecular formula is C10H15N3O2. The van der Waals surface area contributed by atoms with Gasteiger partial charge in [0.1, 0.15) is 0 Å². The summed E-state index contributed by atoms with van der Waals surface area (Å²) in [5, 5.41) is 6.78. The van der Waals surface area contributed by atoms with Gasteiger partial charge >= 0.3 is 6.09 Å². The molecule has 82 valence electrons. The molecule has 1 amide bonds. The Morgan fingerprint density at radius 1 is 1.67 bits per heavy atom. The summed E-state index contributed by atoms with van der Waals surface area (Å²) in [6.45, 7) is 3.77. The van der Waals surface area contributed by atoms with E-state index in [9.17, 15) is 4.79 Å². The van der Waals surface area contributed by atoms with E-state index in [0.717, 1.165) is 24.1 Å². The molecule has 5 nitrogen and oxygen atoms in total. The topological polar surface area (TPSA) is 58.2 Å². The maximum Gasteiger partial charge on any atom is 0.410 e. The van der Waals surface area contributed by atoms with Crippen LogP contribution in [0.2, 0.25) is 0 Å². The number of unbranched alkanes of at least 4 members (excludes halogenated alkanes) is 1. The van der Waals surface area contributed by atoms with Crippen molar-refractivity contribution in [3.63, 3.8) is 0 Å². The van der Waals surface area contributed by atoms with Crippen LogP contribution >= 0.6 is 0 Å². The third kappa shape index (κ3) is 2.11. The number of nitrogens with one attached hydrogen (secondary N) is 1. The number of aromatic amines is 1. The lowest BCUT2D eigenvalue weighted by molar-refractivity contribution is 0.0999. The van der Waals surface area contributed by atoms with Gasteiger partial charge in [-0.1, -0.05) is 13.3 Å². The van der Waals surface area contributed by atoms with Gasteiger partial charge in [-0.15, -0.1) is 0 Å². The van der Waals surface area contributed by atoms with Gasteiger partial charge in [0.25, 0.3) is 0 Å². The lowest BCUT2D eigenvalue weighted by Gasteiger charge is -2.14. The first-order valence-corrected chi connectivity index (χ1v) is 5.24. The molecule has 0 aromatic carbocycles. The second-order valence-corrected chi connectivity index (χ2v) is 3.70. The Labute approximate surface area is 88.4 Å². The molecule has 1 N–H and O–H groups in total. The number of rotatable bonds is 3. The first-order chi connectivity index (χ1) is 7.31. The van der Waals surface area contributed by atoms with Gasteiger partial charge < -0.3 is 4.74 Å². The van der Waals surface area contributed by atoms with Crippen LogP contribution in [0, 0.1) is 0 Å². The van der Waals surface area contributed by atoms with Crippen LogP contribution in [0.15, 0.2) is 6.20 Å². The molecule has 2 heterocycles. The average Bonchev–Trinajstić information content (AvgIpc) is 2.76. The van der Waals surface area contributed by atoms with Crippen LogP contribution in [0.3, 0.4) is 0 Å². The Morgan fingerprint density at radius 2 is 2.53 bits per heavy atom. The van der Waals surface area contributed by atoms with Crippen molar-refractivity contribution < 1.29 is 9.53 Å². The van der Waals surface area contributed by atoms with E-state index in [1.54, 1.807) is 11.1 Å².